The molecule has 2 N–H and O–H groups in total. The molecule has 10 heteroatoms. The van der Waals surface area contributed by atoms with Gasteiger partial charge in [-0.05, 0) is 49.7 Å². The van der Waals surface area contributed by atoms with Gasteiger partial charge >= 0.3 is 0 Å². The van der Waals surface area contributed by atoms with E-state index in [0.29, 0.717) is 16.4 Å². The zero-order valence-corrected chi connectivity index (χ0v) is 16.5. The molecule has 8 nitrogen and oxygen atoms in total. The molecule has 0 fully saturated rings. The van der Waals surface area contributed by atoms with E-state index in [2.05, 4.69) is 15.8 Å². The summed E-state index contributed by atoms with van der Waals surface area (Å²) in [5.41, 5.74) is 3.91. The van der Waals surface area contributed by atoms with Crippen LogP contribution in [0.1, 0.15) is 29.3 Å². The largest absolute Gasteiger partial charge is 0.326 e. The van der Waals surface area contributed by atoms with Gasteiger partial charge in [0.25, 0.3) is 11.6 Å². The summed E-state index contributed by atoms with van der Waals surface area (Å²) in [6, 6.07) is 8.67. The molecule has 0 aliphatic rings. The van der Waals surface area contributed by atoms with Crippen LogP contribution in [-0.4, -0.2) is 22.4 Å². The fourth-order valence-electron chi connectivity index (χ4n) is 2.24. The Kier molecular flexibility index (Phi) is 7.08. The zero-order valence-electron chi connectivity index (χ0n) is 15.0. The molecule has 0 saturated carbocycles. The number of nitro benzene ring substituents is 1. The number of hydrogen-bond donors (Lipinski definition) is 2. The molecule has 146 valence electrons. The topological polar surface area (TPSA) is 114 Å². The minimum absolute atomic E-state index is 0.0383. The summed E-state index contributed by atoms with van der Waals surface area (Å²) in [5.74, 6) is -0.913. The Labute approximate surface area is 170 Å². The van der Waals surface area contributed by atoms with Gasteiger partial charge in [0.2, 0.25) is 5.91 Å². The number of amides is 2. The second-order valence-corrected chi connectivity index (χ2v) is 6.74. The fraction of sp³-hybridized carbons (Fsp3) is 0.167. The number of carbonyl (C=O) groups is 2. The lowest BCUT2D eigenvalue weighted by Gasteiger charge is -2.08. The molecule has 2 aromatic rings. The molecule has 0 unspecified atom stereocenters. The van der Waals surface area contributed by atoms with Gasteiger partial charge in [-0.2, -0.15) is 5.10 Å². The number of carbonyl (C=O) groups excluding carboxylic acids is 2. The smallest absolute Gasteiger partial charge is 0.287 e. The van der Waals surface area contributed by atoms with Gasteiger partial charge in [-0.1, -0.05) is 23.2 Å². The monoisotopic (exact) mass is 422 g/mol. The number of nitrogens with zero attached hydrogens (tertiary/aromatic N) is 2. The number of anilines is 1. The zero-order chi connectivity index (χ0) is 20.8. The average molecular weight is 423 g/mol. The Morgan fingerprint density at radius 2 is 1.89 bits per heavy atom. The van der Waals surface area contributed by atoms with Crippen molar-refractivity contribution in [3.63, 3.8) is 0 Å². The minimum Gasteiger partial charge on any atom is -0.326 e. The predicted molar refractivity (Wildman–Crippen MR) is 108 cm³/mol. The van der Waals surface area contributed by atoms with E-state index in [0.717, 1.165) is 11.6 Å². The van der Waals surface area contributed by atoms with E-state index in [4.69, 9.17) is 23.2 Å². The van der Waals surface area contributed by atoms with Gasteiger partial charge in [-0.25, -0.2) is 5.43 Å². The molecule has 2 aromatic carbocycles. The van der Waals surface area contributed by atoms with Gasteiger partial charge < -0.3 is 5.32 Å². The third kappa shape index (κ3) is 5.77. The molecule has 2 rings (SSSR count). The van der Waals surface area contributed by atoms with Crippen LogP contribution in [0, 0.1) is 17.0 Å². The fourth-order valence-corrected chi connectivity index (χ4v) is 2.72. The maximum absolute atomic E-state index is 12.1. The normalized spacial score (nSPS) is 11.1. The highest BCUT2D eigenvalue weighted by molar-refractivity contribution is 6.33. The lowest BCUT2D eigenvalue weighted by Crippen LogP contribution is -2.21. The number of nitro groups is 1. The molecule has 0 saturated heterocycles. The lowest BCUT2D eigenvalue weighted by atomic mass is 10.2. The van der Waals surface area contributed by atoms with Crippen LogP contribution >= 0.6 is 23.2 Å². The van der Waals surface area contributed by atoms with E-state index in [9.17, 15) is 19.7 Å². The van der Waals surface area contributed by atoms with Gasteiger partial charge in [-0.15, -0.1) is 0 Å². The van der Waals surface area contributed by atoms with E-state index in [1.54, 1.807) is 25.1 Å². The van der Waals surface area contributed by atoms with Crippen molar-refractivity contribution in [2.24, 2.45) is 5.10 Å². The number of rotatable bonds is 6. The molecule has 0 aliphatic heterocycles. The number of nitrogens with one attached hydrogen (secondary N) is 2. The first-order chi connectivity index (χ1) is 13.2. The van der Waals surface area contributed by atoms with Gasteiger partial charge in [0.05, 0.1) is 11.3 Å². The molecule has 0 bridgehead atoms. The summed E-state index contributed by atoms with van der Waals surface area (Å²) >= 11 is 11.7. The Hall–Kier alpha value is -2.97. The molecule has 2 amide bonds. The molecular formula is C18H16Cl2N4O4. The minimum atomic E-state index is -0.646. The predicted octanol–water partition coefficient (Wildman–Crippen LogP) is 4.34. The molecule has 28 heavy (non-hydrogen) atoms. The second kappa shape index (κ2) is 9.29. The highest BCUT2D eigenvalue weighted by Crippen LogP contribution is 2.25. The summed E-state index contributed by atoms with van der Waals surface area (Å²) in [4.78, 5) is 34.3. The van der Waals surface area contributed by atoms with E-state index in [1.165, 1.54) is 12.1 Å². The Balaban J connectivity index is 1.96. The third-order valence-electron chi connectivity index (χ3n) is 3.63. The standard InChI is InChI=1S/C18H16Cl2N4O4/c1-10-7-13(19)4-5-15(10)21-17(25)8-11(2)22-23-18(26)12-3-6-16(24(27)28)14(20)9-12/h3-7,9H,8H2,1-2H3,(H,21,25)(H,23,26)/b22-11+. The van der Waals surface area contributed by atoms with Crippen LogP contribution in [-0.2, 0) is 4.79 Å². The number of hydrogen-bond acceptors (Lipinski definition) is 5. The van der Waals surface area contributed by atoms with Crippen molar-refractivity contribution >= 4 is 52.1 Å². The van der Waals surface area contributed by atoms with E-state index < -0.39 is 10.8 Å². The summed E-state index contributed by atoms with van der Waals surface area (Å²) in [5, 5.41) is 17.8. The van der Waals surface area contributed by atoms with Crippen molar-refractivity contribution in [1.29, 1.82) is 0 Å². The van der Waals surface area contributed by atoms with Gasteiger partial charge in [0.1, 0.15) is 5.02 Å². The average Bonchev–Trinajstić information content (AvgIpc) is 2.61. The Morgan fingerprint density at radius 3 is 2.50 bits per heavy atom. The molecule has 0 radical (unpaired) electrons. The Morgan fingerprint density at radius 1 is 1.18 bits per heavy atom. The molecular weight excluding hydrogens is 407 g/mol. The third-order valence-corrected chi connectivity index (χ3v) is 4.17. The number of hydrazone groups is 1. The van der Waals surface area contributed by atoms with Gasteiger partial charge in [0.15, 0.2) is 0 Å². The van der Waals surface area contributed by atoms with Crippen LogP contribution in [0.25, 0.3) is 0 Å². The lowest BCUT2D eigenvalue weighted by molar-refractivity contribution is -0.384. The van der Waals surface area contributed by atoms with Crippen molar-refractivity contribution in [2.45, 2.75) is 20.3 Å². The van der Waals surface area contributed by atoms with Crippen LogP contribution in [0.3, 0.4) is 0 Å². The number of benzene rings is 2. The molecule has 0 spiro atoms. The highest BCUT2D eigenvalue weighted by Gasteiger charge is 2.15. The number of aryl methyl sites for hydroxylation is 1. The van der Waals surface area contributed by atoms with Crippen molar-refractivity contribution in [3.8, 4) is 0 Å². The van der Waals surface area contributed by atoms with Crippen LogP contribution in [0.5, 0.6) is 0 Å². The Bertz CT molecular complexity index is 976. The van der Waals surface area contributed by atoms with Crippen LogP contribution in [0.4, 0.5) is 11.4 Å². The van der Waals surface area contributed by atoms with Crippen molar-refractivity contribution in [2.75, 3.05) is 5.32 Å². The van der Waals surface area contributed by atoms with Crippen LogP contribution in [0.15, 0.2) is 41.5 Å². The summed E-state index contributed by atoms with van der Waals surface area (Å²) in [6.07, 6.45) is -0.0383. The molecule has 0 atom stereocenters. The first-order valence-corrected chi connectivity index (χ1v) is 8.76. The van der Waals surface area contributed by atoms with Crippen molar-refractivity contribution in [3.05, 3.63) is 67.7 Å². The summed E-state index contributed by atoms with van der Waals surface area (Å²) < 4.78 is 0. The van der Waals surface area contributed by atoms with Crippen LogP contribution in [0.2, 0.25) is 10.0 Å². The van der Waals surface area contributed by atoms with E-state index >= 15 is 0 Å². The van der Waals surface area contributed by atoms with E-state index in [1.807, 2.05) is 6.92 Å². The first kappa shape index (κ1) is 21.3. The molecule has 0 heterocycles. The maximum Gasteiger partial charge on any atom is 0.287 e. The second-order valence-electron chi connectivity index (χ2n) is 5.90. The maximum atomic E-state index is 12.1. The summed E-state index contributed by atoms with van der Waals surface area (Å²) in [7, 11) is 0. The molecule has 0 aromatic heterocycles. The number of halogens is 2. The highest BCUT2D eigenvalue weighted by atomic mass is 35.5. The SMILES string of the molecule is C/C(CC(=O)Nc1ccc(Cl)cc1C)=N\NC(=O)c1ccc([N+](=O)[O-])c(Cl)c1. The van der Waals surface area contributed by atoms with Crippen LogP contribution < -0.4 is 10.7 Å². The quantitative estimate of drug-likeness (QED) is 0.409. The van der Waals surface area contributed by atoms with E-state index in [-0.39, 0.29) is 28.6 Å². The van der Waals surface area contributed by atoms with Gasteiger partial charge in [-0.3, -0.25) is 19.7 Å². The first-order valence-electron chi connectivity index (χ1n) is 8.01. The van der Waals surface area contributed by atoms with Crippen molar-refractivity contribution < 1.29 is 14.5 Å². The van der Waals surface area contributed by atoms with Crippen molar-refractivity contribution in [1.82, 2.24) is 5.43 Å². The summed E-state index contributed by atoms with van der Waals surface area (Å²) in [6.45, 7) is 3.40. The van der Waals surface area contributed by atoms with Gasteiger partial charge in [0, 0.05) is 28.1 Å². The molecule has 0 aliphatic carbocycles.